The van der Waals surface area contributed by atoms with E-state index in [1.54, 1.807) is 0 Å². The molecule has 0 spiro atoms. The average Bonchev–Trinajstić information content (AvgIpc) is 2.75. The van der Waals surface area contributed by atoms with E-state index in [1.807, 2.05) is 36.2 Å². The van der Waals surface area contributed by atoms with Crippen LogP contribution in [0.5, 0.6) is 0 Å². The molecule has 3 aromatic rings. The minimum atomic E-state index is 0.526. The average molecular weight is 289 g/mol. The lowest BCUT2D eigenvalue weighted by Crippen LogP contribution is -2.09. The minimum Gasteiger partial charge on any atom is -0.329 e. The third kappa shape index (κ3) is 2.17. The third-order valence-corrected chi connectivity index (χ3v) is 4.62. The molecule has 5 heteroatoms. The van der Waals surface area contributed by atoms with Crippen molar-refractivity contribution in [3.63, 3.8) is 0 Å². The van der Waals surface area contributed by atoms with Crippen LogP contribution in [0.3, 0.4) is 0 Å². The fraction of sp³-hybridized carbons (Fsp3) is 0.286. The Bertz CT molecular complexity index is 788. The van der Waals surface area contributed by atoms with E-state index in [9.17, 15) is 0 Å². The van der Waals surface area contributed by atoms with Crippen LogP contribution >= 0.6 is 24.0 Å². The monoisotopic (exact) mass is 289 g/mol. The third-order valence-electron chi connectivity index (χ3n) is 3.35. The molecule has 0 amide bonds. The molecule has 1 unspecified atom stereocenters. The normalized spacial score (nSPS) is 13.2. The summed E-state index contributed by atoms with van der Waals surface area (Å²) in [7, 11) is 0. The number of hydrogen-bond acceptors (Lipinski definition) is 3. The van der Waals surface area contributed by atoms with Crippen LogP contribution < -0.4 is 0 Å². The van der Waals surface area contributed by atoms with Crippen molar-refractivity contribution >= 4 is 45.9 Å². The number of hydrogen-bond donors (Lipinski definition) is 1. The van der Waals surface area contributed by atoms with Crippen molar-refractivity contribution in [2.75, 3.05) is 6.26 Å². The van der Waals surface area contributed by atoms with E-state index in [4.69, 9.17) is 12.2 Å². The molecule has 3 rings (SSSR count). The number of fused-ring (bicyclic) bond motifs is 3. The Morgan fingerprint density at radius 2 is 2.21 bits per heavy atom. The van der Waals surface area contributed by atoms with Gasteiger partial charge in [0.1, 0.15) is 0 Å². The van der Waals surface area contributed by atoms with Crippen LogP contribution in [0.4, 0.5) is 0 Å². The summed E-state index contributed by atoms with van der Waals surface area (Å²) in [5, 5.41) is 1.68. The maximum absolute atomic E-state index is 5.45. The van der Waals surface area contributed by atoms with Gasteiger partial charge in [0.25, 0.3) is 0 Å². The van der Waals surface area contributed by atoms with E-state index in [2.05, 4.69) is 33.8 Å². The van der Waals surface area contributed by atoms with Crippen molar-refractivity contribution in [1.29, 1.82) is 0 Å². The van der Waals surface area contributed by atoms with E-state index in [0.29, 0.717) is 5.25 Å². The molecule has 1 N–H and O–H groups in total. The highest BCUT2D eigenvalue weighted by Gasteiger charge is 2.11. The Morgan fingerprint density at radius 3 is 3.00 bits per heavy atom. The van der Waals surface area contributed by atoms with E-state index < -0.39 is 0 Å². The summed E-state index contributed by atoms with van der Waals surface area (Å²) in [5.74, 6) is 0. The number of pyridine rings is 1. The van der Waals surface area contributed by atoms with Crippen LogP contribution in [-0.4, -0.2) is 26.0 Å². The molecule has 0 radical (unpaired) electrons. The number of rotatable bonds is 3. The highest BCUT2D eigenvalue weighted by molar-refractivity contribution is 7.99. The van der Waals surface area contributed by atoms with Crippen molar-refractivity contribution < 1.29 is 0 Å². The van der Waals surface area contributed by atoms with Crippen LogP contribution in [-0.2, 0) is 6.54 Å². The van der Waals surface area contributed by atoms with E-state index in [-0.39, 0.29) is 0 Å². The fourth-order valence-electron chi connectivity index (χ4n) is 2.30. The van der Waals surface area contributed by atoms with E-state index >= 15 is 0 Å². The molecule has 0 fully saturated rings. The number of benzene rings is 1. The Hall–Kier alpha value is -1.33. The summed E-state index contributed by atoms with van der Waals surface area (Å²) in [6.07, 6.45) is 4.00. The van der Waals surface area contributed by atoms with Crippen molar-refractivity contribution in [2.45, 2.75) is 18.7 Å². The van der Waals surface area contributed by atoms with E-state index in [1.165, 1.54) is 0 Å². The molecule has 0 saturated carbocycles. The van der Waals surface area contributed by atoms with Gasteiger partial charge in [-0.2, -0.15) is 11.8 Å². The molecule has 2 aromatic heterocycles. The summed E-state index contributed by atoms with van der Waals surface area (Å²) in [4.78, 5) is 7.72. The van der Waals surface area contributed by atoms with Crippen molar-refractivity contribution in [3.05, 3.63) is 35.2 Å². The van der Waals surface area contributed by atoms with E-state index in [0.717, 1.165) is 33.3 Å². The summed E-state index contributed by atoms with van der Waals surface area (Å²) < 4.78 is 2.96. The van der Waals surface area contributed by atoms with Crippen LogP contribution in [0, 0.1) is 4.77 Å². The maximum Gasteiger partial charge on any atom is 0.178 e. The second kappa shape index (κ2) is 4.98. The number of aromatic amines is 1. The van der Waals surface area contributed by atoms with Gasteiger partial charge in [0.15, 0.2) is 4.77 Å². The van der Waals surface area contributed by atoms with Gasteiger partial charge in [0, 0.05) is 17.2 Å². The largest absolute Gasteiger partial charge is 0.329 e. The van der Waals surface area contributed by atoms with Gasteiger partial charge in [-0.05, 0) is 24.5 Å². The molecule has 98 valence electrons. The number of H-pyrrole nitrogens is 1. The number of nitrogens with zero attached hydrogens (tertiary/aromatic N) is 2. The van der Waals surface area contributed by atoms with Gasteiger partial charge in [0.05, 0.1) is 22.7 Å². The summed E-state index contributed by atoms with van der Waals surface area (Å²) >= 11 is 7.30. The van der Waals surface area contributed by atoms with Crippen molar-refractivity contribution in [2.24, 2.45) is 0 Å². The molecular weight excluding hydrogens is 274 g/mol. The van der Waals surface area contributed by atoms with Gasteiger partial charge in [-0.25, -0.2) is 0 Å². The molecule has 1 atom stereocenters. The van der Waals surface area contributed by atoms with Crippen LogP contribution in [0.1, 0.15) is 6.92 Å². The van der Waals surface area contributed by atoms with Crippen LogP contribution in [0.15, 0.2) is 30.5 Å². The van der Waals surface area contributed by atoms with Gasteiger partial charge >= 0.3 is 0 Å². The second-order valence-electron chi connectivity index (χ2n) is 4.62. The molecule has 2 heterocycles. The first kappa shape index (κ1) is 12.7. The van der Waals surface area contributed by atoms with Crippen molar-refractivity contribution in [1.82, 2.24) is 14.5 Å². The van der Waals surface area contributed by atoms with Crippen LogP contribution in [0.2, 0.25) is 0 Å². The zero-order valence-electron chi connectivity index (χ0n) is 10.9. The molecule has 19 heavy (non-hydrogen) atoms. The second-order valence-corrected chi connectivity index (χ2v) is 6.29. The number of imidazole rings is 1. The van der Waals surface area contributed by atoms with Gasteiger partial charge in [-0.15, -0.1) is 0 Å². The number of nitrogens with one attached hydrogen (secondary N) is 1. The van der Waals surface area contributed by atoms with Gasteiger partial charge in [-0.3, -0.25) is 4.98 Å². The summed E-state index contributed by atoms with van der Waals surface area (Å²) in [5.41, 5.74) is 3.18. The molecule has 0 aliphatic heterocycles. The minimum absolute atomic E-state index is 0.526. The summed E-state index contributed by atoms with van der Waals surface area (Å²) in [6.45, 7) is 3.13. The van der Waals surface area contributed by atoms with Crippen molar-refractivity contribution in [3.8, 4) is 0 Å². The maximum atomic E-state index is 5.45. The highest BCUT2D eigenvalue weighted by atomic mass is 32.2. The molecule has 0 aliphatic carbocycles. The number of para-hydroxylation sites is 1. The quantitative estimate of drug-likeness (QED) is 0.740. The first-order valence-electron chi connectivity index (χ1n) is 6.19. The standard InChI is InChI=1S/C14H15N3S2/c1-9(19-2)8-17-13-10-5-3-4-6-11(10)15-7-12(13)16-14(17)18/h3-7,9H,8H2,1-2H3,(H,16,18). The Balaban J connectivity index is 2.33. The first-order valence-corrected chi connectivity index (χ1v) is 7.89. The lowest BCUT2D eigenvalue weighted by atomic mass is 10.2. The predicted molar refractivity (Wildman–Crippen MR) is 85.4 cm³/mol. The highest BCUT2D eigenvalue weighted by Crippen LogP contribution is 2.24. The van der Waals surface area contributed by atoms with Gasteiger partial charge < -0.3 is 9.55 Å². The number of aromatic nitrogens is 3. The molecule has 3 nitrogen and oxygen atoms in total. The zero-order chi connectivity index (χ0) is 13.4. The Labute approximate surface area is 121 Å². The molecule has 1 aromatic carbocycles. The van der Waals surface area contributed by atoms with Gasteiger partial charge in [0.2, 0.25) is 0 Å². The Kier molecular flexibility index (Phi) is 3.33. The fourth-order valence-corrected chi connectivity index (χ4v) is 2.87. The molecule has 0 saturated heterocycles. The molecule has 0 bridgehead atoms. The van der Waals surface area contributed by atoms with Gasteiger partial charge in [-0.1, -0.05) is 25.1 Å². The lowest BCUT2D eigenvalue weighted by Gasteiger charge is -2.11. The summed E-state index contributed by atoms with van der Waals surface area (Å²) in [6, 6.07) is 8.19. The zero-order valence-corrected chi connectivity index (χ0v) is 12.5. The lowest BCUT2D eigenvalue weighted by molar-refractivity contribution is 0.704. The molecular formula is C14H15N3S2. The first-order chi connectivity index (χ1) is 9.20. The van der Waals surface area contributed by atoms with Crippen LogP contribution in [0.25, 0.3) is 21.9 Å². The topological polar surface area (TPSA) is 33.6 Å². The molecule has 0 aliphatic rings. The predicted octanol–water partition coefficient (Wildman–Crippen LogP) is 4.00. The Morgan fingerprint density at radius 1 is 1.42 bits per heavy atom. The SMILES string of the molecule is CSC(C)Cn1c(=S)[nH]c2cnc3ccccc3c21. The smallest absolute Gasteiger partial charge is 0.178 e. The number of thioether (sulfide) groups is 1.